The van der Waals surface area contributed by atoms with Gasteiger partial charge in [-0.1, -0.05) is 22.9 Å². The molecule has 0 aliphatic heterocycles. The van der Waals surface area contributed by atoms with Gasteiger partial charge in [-0.25, -0.2) is 4.79 Å². The van der Waals surface area contributed by atoms with E-state index in [4.69, 9.17) is 9.57 Å². The third-order valence-corrected chi connectivity index (χ3v) is 4.00. The standard InChI is InChI=1S/C20H27N3O4/c1-5-26-16(4)27-21-12-8-14-23-18-9-6-7-13-22(18)19(24)17(20(23)25)11-10-15(2)3/h6-7,9-10,12-13,16H,5,8,11,14H2,1-4H3/p+1. The van der Waals surface area contributed by atoms with Crippen LogP contribution in [0.1, 0.15) is 39.7 Å². The van der Waals surface area contributed by atoms with Crippen LogP contribution in [0.2, 0.25) is 0 Å². The van der Waals surface area contributed by atoms with Crippen LogP contribution in [0.15, 0.2) is 46.0 Å². The highest BCUT2D eigenvalue weighted by Crippen LogP contribution is 2.12. The molecule has 2 aromatic heterocycles. The largest absolute Gasteiger partial charge is 0.477 e. The molecule has 0 spiro atoms. The molecule has 0 fully saturated rings. The van der Waals surface area contributed by atoms with Crippen molar-refractivity contribution in [2.45, 2.75) is 53.4 Å². The number of allylic oxidation sites excluding steroid dienone is 2. The monoisotopic (exact) mass is 374 g/mol. The summed E-state index contributed by atoms with van der Waals surface area (Å²) in [5, 5.41) is 14.6. The van der Waals surface area contributed by atoms with E-state index < -0.39 is 6.29 Å². The Labute approximate surface area is 159 Å². The molecule has 0 bridgehead atoms. The number of ether oxygens (including phenoxy) is 1. The molecule has 0 aromatic carbocycles. The van der Waals surface area contributed by atoms with Gasteiger partial charge >= 0.3 is 5.56 Å². The number of nitrogens with zero attached hydrogens (tertiary/aromatic N) is 3. The Morgan fingerprint density at radius 1 is 1.41 bits per heavy atom. The molecule has 0 aliphatic rings. The second kappa shape index (κ2) is 9.87. The molecule has 0 radical (unpaired) electrons. The van der Waals surface area contributed by atoms with Gasteiger partial charge in [-0.15, -0.1) is 0 Å². The quantitative estimate of drug-likeness (QED) is 0.241. The number of hydrogen-bond acceptors (Lipinski definition) is 5. The summed E-state index contributed by atoms with van der Waals surface area (Å²) in [6, 6.07) is 5.43. The van der Waals surface area contributed by atoms with Crippen LogP contribution in [-0.2, 0) is 22.5 Å². The fourth-order valence-corrected chi connectivity index (χ4v) is 2.68. The molecule has 2 rings (SSSR count). The van der Waals surface area contributed by atoms with Crippen molar-refractivity contribution in [2.75, 3.05) is 6.61 Å². The van der Waals surface area contributed by atoms with Crippen LogP contribution in [0.4, 0.5) is 0 Å². The molecule has 7 heteroatoms. The number of fused-ring (bicyclic) bond motifs is 1. The van der Waals surface area contributed by atoms with Gasteiger partial charge in [0.05, 0.1) is 12.7 Å². The lowest BCUT2D eigenvalue weighted by molar-refractivity contribution is -0.679. The predicted molar refractivity (Wildman–Crippen MR) is 104 cm³/mol. The first kappa shape index (κ1) is 20.6. The molecule has 0 saturated heterocycles. The van der Waals surface area contributed by atoms with Crippen molar-refractivity contribution in [3.8, 4) is 5.88 Å². The summed E-state index contributed by atoms with van der Waals surface area (Å²) in [5.41, 5.74) is 1.88. The highest BCUT2D eigenvalue weighted by molar-refractivity contribution is 5.55. The minimum Gasteiger partial charge on any atom is -0.477 e. The van der Waals surface area contributed by atoms with Crippen LogP contribution in [0.5, 0.6) is 5.88 Å². The fraction of sp³-hybridized carbons (Fsp3) is 0.450. The Bertz CT molecular complexity index is 883. The highest BCUT2D eigenvalue weighted by atomic mass is 16.8. The summed E-state index contributed by atoms with van der Waals surface area (Å²) >= 11 is 0. The zero-order chi connectivity index (χ0) is 19.8. The van der Waals surface area contributed by atoms with Gasteiger partial charge < -0.3 is 14.7 Å². The van der Waals surface area contributed by atoms with Crippen molar-refractivity contribution in [2.24, 2.45) is 5.16 Å². The minimum atomic E-state index is -0.404. The average molecular weight is 374 g/mol. The van der Waals surface area contributed by atoms with E-state index in [9.17, 15) is 9.90 Å². The van der Waals surface area contributed by atoms with Crippen molar-refractivity contribution < 1.29 is 19.2 Å². The van der Waals surface area contributed by atoms with E-state index in [1.807, 2.05) is 32.9 Å². The summed E-state index contributed by atoms with van der Waals surface area (Å²) in [5.74, 6) is -0.0132. The number of aromatic nitrogens is 2. The Morgan fingerprint density at radius 3 is 2.89 bits per heavy atom. The van der Waals surface area contributed by atoms with E-state index in [1.54, 1.807) is 40.4 Å². The molecule has 0 aliphatic carbocycles. The molecule has 146 valence electrons. The molecular formula is C20H28N3O4+. The number of aromatic hydroxyl groups is 1. The minimum absolute atomic E-state index is 0.0132. The van der Waals surface area contributed by atoms with E-state index in [1.165, 1.54) is 0 Å². The number of oxime groups is 1. The zero-order valence-electron chi connectivity index (χ0n) is 16.4. The molecule has 2 aromatic rings. The lowest BCUT2D eigenvalue weighted by atomic mass is 10.1. The number of rotatable bonds is 9. The van der Waals surface area contributed by atoms with E-state index in [2.05, 4.69) is 5.16 Å². The van der Waals surface area contributed by atoms with Gasteiger partial charge in [0.15, 0.2) is 0 Å². The zero-order valence-corrected chi connectivity index (χ0v) is 16.4. The molecule has 7 nitrogen and oxygen atoms in total. The first-order chi connectivity index (χ1) is 13.0. The van der Waals surface area contributed by atoms with Gasteiger partial charge in [0.1, 0.15) is 5.56 Å². The smallest absolute Gasteiger partial charge is 0.349 e. The maximum atomic E-state index is 12.7. The topological polar surface area (TPSA) is 76.4 Å². The van der Waals surface area contributed by atoms with Gasteiger partial charge in [-0.2, -0.15) is 8.97 Å². The molecule has 27 heavy (non-hydrogen) atoms. The molecule has 1 unspecified atom stereocenters. The summed E-state index contributed by atoms with van der Waals surface area (Å²) in [6.45, 7) is 8.59. The first-order valence-electron chi connectivity index (χ1n) is 9.13. The van der Waals surface area contributed by atoms with Crippen LogP contribution >= 0.6 is 0 Å². The van der Waals surface area contributed by atoms with E-state index in [-0.39, 0.29) is 11.4 Å². The highest BCUT2D eigenvalue weighted by Gasteiger charge is 2.22. The fourth-order valence-electron chi connectivity index (χ4n) is 2.68. The first-order valence-corrected chi connectivity index (χ1v) is 9.13. The van der Waals surface area contributed by atoms with Gasteiger partial charge in [0.2, 0.25) is 6.29 Å². The molecule has 0 amide bonds. The lowest BCUT2D eigenvalue weighted by Crippen LogP contribution is -2.42. The number of pyridine rings is 1. The molecule has 2 heterocycles. The molecular weight excluding hydrogens is 346 g/mol. The van der Waals surface area contributed by atoms with Crippen LogP contribution < -0.4 is 10.1 Å². The van der Waals surface area contributed by atoms with Gasteiger partial charge in [-0.3, -0.25) is 0 Å². The third-order valence-electron chi connectivity index (χ3n) is 4.00. The second-order valence-corrected chi connectivity index (χ2v) is 6.38. The normalized spacial score (nSPS) is 12.4. The van der Waals surface area contributed by atoms with Crippen LogP contribution in [-0.4, -0.2) is 28.6 Å². The van der Waals surface area contributed by atoms with Crippen molar-refractivity contribution in [1.29, 1.82) is 0 Å². The van der Waals surface area contributed by atoms with Crippen molar-refractivity contribution in [3.05, 3.63) is 52.0 Å². The Hall–Kier alpha value is -2.67. The van der Waals surface area contributed by atoms with Crippen LogP contribution in [0.3, 0.4) is 0 Å². The number of aryl methyl sites for hydroxylation is 1. The molecule has 0 saturated carbocycles. The van der Waals surface area contributed by atoms with Gasteiger partial charge in [0.25, 0.3) is 11.5 Å². The average Bonchev–Trinajstić information content (AvgIpc) is 2.63. The Morgan fingerprint density at radius 2 is 2.19 bits per heavy atom. The predicted octanol–water partition coefficient (Wildman–Crippen LogP) is 2.58. The Kier molecular flexibility index (Phi) is 7.55. The lowest BCUT2D eigenvalue weighted by Gasteiger charge is -2.09. The second-order valence-electron chi connectivity index (χ2n) is 6.38. The summed E-state index contributed by atoms with van der Waals surface area (Å²) < 4.78 is 8.50. The van der Waals surface area contributed by atoms with E-state index >= 15 is 0 Å². The molecule has 1 N–H and O–H groups in total. The van der Waals surface area contributed by atoms with Gasteiger partial charge in [-0.05, 0) is 26.8 Å². The summed E-state index contributed by atoms with van der Waals surface area (Å²) in [4.78, 5) is 17.9. The van der Waals surface area contributed by atoms with Crippen LogP contribution in [0.25, 0.3) is 5.65 Å². The number of hydrogen-bond donors (Lipinski definition) is 1. The van der Waals surface area contributed by atoms with E-state index in [0.29, 0.717) is 37.2 Å². The SMILES string of the molecule is CCOC(C)ON=CCC[n+]1c(O)c(CC=C(C)C)c(=O)n2ccccc21. The summed E-state index contributed by atoms with van der Waals surface area (Å²) in [7, 11) is 0. The molecule has 1 atom stereocenters. The van der Waals surface area contributed by atoms with Crippen molar-refractivity contribution >= 4 is 11.9 Å². The maximum absolute atomic E-state index is 12.7. The summed E-state index contributed by atoms with van der Waals surface area (Å²) in [6.07, 6.45) is 5.78. The van der Waals surface area contributed by atoms with Crippen molar-refractivity contribution in [1.82, 2.24) is 4.40 Å². The van der Waals surface area contributed by atoms with Crippen LogP contribution in [0, 0.1) is 0 Å². The Balaban J connectivity index is 2.28. The third kappa shape index (κ3) is 5.40. The van der Waals surface area contributed by atoms with Crippen molar-refractivity contribution in [3.63, 3.8) is 0 Å². The van der Waals surface area contributed by atoms with Gasteiger partial charge in [0, 0.05) is 38.7 Å². The van der Waals surface area contributed by atoms with E-state index in [0.717, 1.165) is 5.57 Å². The maximum Gasteiger partial charge on any atom is 0.349 e.